The van der Waals surface area contributed by atoms with Gasteiger partial charge in [-0.25, -0.2) is 8.42 Å². The van der Waals surface area contributed by atoms with Gasteiger partial charge < -0.3 is 4.90 Å². The molecule has 0 radical (unpaired) electrons. The molecule has 1 heterocycles. The first kappa shape index (κ1) is 17.0. The van der Waals surface area contributed by atoms with Gasteiger partial charge in [-0.2, -0.15) is 4.31 Å². The normalized spacial score (nSPS) is 18.1. The Morgan fingerprint density at radius 1 is 1.36 bits per heavy atom. The van der Waals surface area contributed by atoms with Crippen molar-refractivity contribution in [3.05, 3.63) is 29.8 Å². The molecule has 1 aliphatic rings. The minimum atomic E-state index is -3.29. The highest BCUT2D eigenvalue weighted by atomic mass is 32.2. The largest absolute Gasteiger partial charge is 0.309 e. The molecule has 22 heavy (non-hydrogen) atoms. The average Bonchev–Trinajstić information content (AvgIpc) is 2.72. The van der Waals surface area contributed by atoms with Crippen molar-refractivity contribution in [2.24, 2.45) is 0 Å². The Kier molecular flexibility index (Phi) is 4.92. The van der Waals surface area contributed by atoms with Gasteiger partial charge in [0, 0.05) is 30.7 Å². The van der Waals surface area contributed by atoms with E-state index in [0.29, 0.717) is 0 Å². The van der Waals surface area contributed by atoms with Crippen LogP contribution in [-0.4, -0.2) is 43.5 Å². The van der Waals surface area contributed by atoms with E-state index < -0.39 is 10.0 Å². The molecule has 6 heteroatoms. The first-order chi connectivity index (χ1) is 10.2. The van der Waals surface area contributed by atoms with Crippen LogP contribution in [-0.2, 0) is 21.2 Å². The van der Waals surface area contributed by atoms with Gasteiger partial charge in [0.15, 0.2) is 0 Å². The smallest absolute Gasteiger partial charge is 0.228 e. The molecule has 2 rings (SSSR count). The number of fused-ring (bicyclic) bond motifs is 1. The van der Waals surface area contributed by atoms with E-state index in [1.165, 1.54) is 16.1 Å². The Balaban J connectivity index is 2.10. The Labute approximate surface area is 133 Å². The summed E-state index contributed by atoms with van der Waals surface area (Å²) >= 11 is 0. The van der Waals surface area contributed by atoms with Gasteiger partial charge in [0.05, 0.1) is 6.26 Å². The van der Waals surface area contributed by atoms with Gasteiger partial charge >= 0.3 is 0 Å². The molecule has 122 valence electrons. The molecule has 0 spiro atoms. The molecule has 5 nitrogen and oxygen atoms in total. The molecule has 0 saturated heterocycles. The molecule has 0 bridgehead atoms. The summed E-state index contributed by atoms with van der Waals surface area (Å²) in [5.41, 5.74) is 2.13. The van der Waals surface area contributed by atoms with E-state index in [1.807, 2.05) is 45.0 Å². The topological polar surface area (TPSA) is 57.7 Å². The lowest BCUT2D eigenvalue weighted by Gasteiger charge is -2.27. The lowest BCUT2D eigenvalue weighted by Crippen LogP contribution is -2.41. The lowest BCUT2D eigenvalue weighted by atomic mass is 10.1. The van der Waals surface area contributed by atoms with Gasteiger partial charge in [0.25, 0.3) is 0 Å². The molecule has 1 aromatic carbocycles. The van der Waals surface area contributed by atoms with Crippen LogP contribution in [0.2, 0.25) is 0 Å². The third-order valence-electron chi connectivity index (χ3n) is 4.02. The maximum Gasteiger partial charge on any atom is 0.228 e. The molecular formula is C16H24N2O3S. The lowest BCUT2D eigenvalue weighted by molar-refractivity contribution is -0.119. The number of para-hydroxylation sites is 1. The second-order valence-electron chi connectivity index (χ2n) is 6.16. The summed E-state index contributed by atoms with van der Waals surface area (Å²) in [6, 6.07) is 7.86. The molecule has 0 N–H and O–H groups in total. The van der Waals surface area contributed by atoms with E-state index in [2.05, 4.69) is 0 Å². The van der Waals surface area contributed by atoms with Crippen LogP contribution >= 0.6 is 0 Å². The van der Waals surface area contributed by atoms with Gasteiger partial charge in [0.1, 0.15) is 0 Å². The van der Waals surface area contributed by atoms with Crippen LogP contribution in [0.4, 0.5) is 5.69 Å². The SMILES string of the molecule is CC1Cc2ccccc2N1C(=O)CCN(C(C)C)S(C)(=O)=O. The van der Waals surface area contributed by atoms with E-state index in [-0.39, 0.29) is 31.0 Å². The highest BCUT2D eigenvalue weighted by molar-refractivity contribution is 7.88. The fraction of sp³-hybridized carbons (Fsp3) is 0.562. The van der Waals surface area contributed by atoms with Crippen LogP contribution in [0.1, 0.15) is 32.8 Å². The minimum Gasteiger partial charge on any atom is -0.309 e. The van der Waals surface area contributed by atoms with Crippen LogP contribution in [0.25, 0.3) is 0 Å². The quantitative estimate of drug-likeness (QED) is 0.832. The Hall–Kier alpha value is -1.40. The third kappa shape index (κ3) is 3.50. The number of hydrogen-bond acceptors (Lipinski definition) is 3. The van der Waals surface area contributed by atoms with Crippen molar-refractivity contribution >= 4 is 21.6 Å². The summed E-state index contributed by atoms with van der Waals surface area (Å²) in [5, 5.41) is 0. The Morgan fingerprint density at radius 2 is 2.00 bits per heavy atom. The van der Waals surface area contributed by atoms with Crippen molar-refractivity contribution in [2.45, 2.75) is 45.7 Å². The molecule has 0 aliphatic carbocycles. The Morgan fingerprint density at radius 3 is 2.59 bits per heavy atom. The van der Waals surface area contributed by atoms with Crippen molar-refractivity contribution in [3.8, 4) is 0 Å². The first-order valence-electron chi connectivity index (χ1n) is 7.58. The van der Waals surface area contributed by atoms with Crippen molar-refractivity contribution in [2.75, 3.05) is 17.7 Å². The van der Waals surface area contributed by atoms with Gasteiger partial charge in [0.2, 0.25) is 15.9 Å². The highest BCUT2D eigenvalue weighted by Crippen LogP contribution is 2.32. The zero-order valence-corrected chi connectivity index (χ0v) is 14.4. The van der Waals surface area contributed by atoms with Crippen molar-refractivity contribution in [1.29, 1.82) is 0 Å². The summed E-state index contributed by atoms with van der Waals surface area (Å²) in [4.78, 5) is 14.4. The van der Waals surface area contributed by atoms with Crippen molar-refractivity contribution in [1.82, 2.24) is 4.31 Å². The van der Waals surface area contributed by atoms with Gasteiger partial charge in [-0.05, 0) is 38.8 Å². The number of amides is 1. The summed E-state index contributed by atoms with van der Waals surface area (Å²) < 4.78 is 24.9. The number of nitrogens with zero attached hydrogens (tertiary/aromatic N) is 2. The predicted octanol–water partition coefficient (Wildman–Crippen LogP) is 2.02. The number of hydrogen-bond donors (Lipinski definition) is 0. The van der Waals surface area contributed by atoms with E-state index in [1.54, 1.807) is 4.90 Å². The van der Waals surface area contributed by atoms with Gasteiger partial charge in [-0.15, -0.1) is 0 Å². The van der Waals surface area contributed by atoms with E-state index >= 15 is 0 Å². The molecule has 1 aromatic rings. The fourth-order valence-corrected chi connectivity index (χ4v) is 4.27. The number of rotatable bonds is 5. The molecule has 0 saturated carbocycles. The number of benzene rings is 1. The fourth-order valence-electron chi connectivity index (χ4n) is 3.08. The minimum absolute atomic E-state index is 0.0215. The van der Waals surface area contributed by atoms with Gasteiger partial charge in [-0.1, -0.05) is 18.2 Å². The molecule has 0 fully saturated rings. The summed E-state index contributed by atoms with van der Waals surface area (Å²) in [5.74, 6) is -0.0215. The molecule has 1 unspecified atom stereocenters. The van der Waals surface area contributed by atoms with Gasteiger partial charge in [-0.3, -0.25) is 4.79 Å². The van der Waals surface area contributed by atoms with E-state index in [9.17, 15) is 13.2 Å². The van der Waals surface area contributed by atoms with Crippen LogP contribution < -0.4 is 4.90 Å². The second kappa shape index (κ2) is 6.38. The van der Waals surface area contributed by atoms with Crippen molar-refractivity contribution < 1.29 is 13.2 Å². The molecular weight excluding hydrogens is 300 g/mol. The zero-order valence-electron chi connectivity index (χ0n) is 13.6. The van der Waals surface area contributed by atoms with E-state index in [4.69, 9.17) is 0 Å². The number of sulfonamides is 1. The predicted molar refractivity (Wildman–Crippen MR) is 88.4 cm³/mol. The molecule has 1 atom stereocenters. The van der Waals surface area contributed by atoms with E-state index in [0.717, 1.165) is 12.1 Å². The number of carbonyl (C=O) groups excluding carboxylic acids is 1. The third-order valence-corrected chi connectivity index (χ3v) is 5.48. The maximum atomic E-state index is 12.6. The number of anilines is 1. The average molecular weight is 324 g/mol. The molecule has 1 aliphatic heterocycles. The maximum absolute atomic E-state index is 12.6. The van der Waals surface area contributed by atoms with Crippen molar-refractivity contribution in [3.63, 3.8) is 0 Å². The zero-order chi connectivity index (χ0) is 16.5. The Bertz CT molecular complexity index is 655. The first-order valence-corrected chi connectivity index (χ1v) is 9.43. The summed E-state index contributed by atoms with van der Waals surface area (Å²) in [6.45, 7) is 5.88. The standard InChI is InChI=1S/C16H24N2O3S/c1-12(2)17(22(4,20)21)10-9-16(19)18-13(3)11-14-7-5-6-8-15(14)18/h5-8,12-13H,9-11H2,1-4H3. The van der Waals surface area contributed by atoms with Crippen LogP contribution in [0, 0.1) is 0 Å². The van der Waals surface area contributed by atoms with Crippen LogP contribution in [0.15, 0.2) is 24.3 Å². The summed E-state index contributed by atoms with van der Waals surface area (Å²) in [6.07, 6.45) is 2.23. The molecule has 1 amide bonds. The second-order valence-corrected chi connectivity index (χ2v) is 8.10. The van der Waals surface area contributed by atoms with Crippen LogP contribution in [0.5, 0.6) is 0 Å². The summed E-state index contributed by atoms with van der Waals surface area (Å²) in [7, 11) is -3.29. The van der Waals surface area contributed by atoms with Crippen LogP contribution in [0.3, 0.4) is 0 Å². The highest BCUT2D eigenvalue weighted by Gasteiger charge is 2.31. The molecule has 0 aromatic heterocycles. The monoisotopic (exact) mass is 324 g/mol. The number of carbonyl (C=O) groups is 1.